The Labute approximate surface area is 145 Å². The number of hydrogen-bond acceptors (Lipinski definition) is 0. The minimum atomic E-state index is -0.154. The van der Waals surface area contributed by atoms with E-state index >= 15 is 0 Å². The molecule has 0 amide bonds. The first-order chi connectivity index (χ1) is 11.1. The van der Waals surface area contributed by atoms with Crippen molar-refractivity contribution in [3.63, 3.8) is 0 Å². The molecule has 1 aliphatic rings. The molecule has 2 aromatic carbocycles. The monoisotopic (exact) mass is 326 g/mol. The van der Waals surface area contributed by atoms with Gasteiger partial charge < -0.3 is 0 Å². The molecule has 0 nitrogen and oxygen atoms in total. The second-order valence-corrected chi connectivity index (χ2v) is 7.90. The Morgan fingerprint density at radius 3 is 1.39 bits per heavy atom. The van der Waals surface area contributed by atoms with E-state index in [9.17, 15) is 0 Å². The summed E-state index contributed by atoms with van der Waals surface area (Å²) in [6.07, 6.45) is 4.71. The molecule has 0 saturated heterocycles. The predicted molar refractivity (Wildman–Crippen MR) is 101 cm³/mol. The van der Waals surface area contributed by atoms with E-state index in [1.807, 2.05) is 0 Å². The summed E-state index contributed by atoms with van der Waals surface area (Å²) in [6.45, 7) is 6.63. The van der Waals surface area contributed by atoms with Crippen molar-refractivity contribution in [1.82, 2.24) is 0 Å². The quantitative estimate of drug-likeness (QED) is 0.533. The summed E-state index contributed by atoms with van der Waals surface area (Å²) in [5, 5.41) is 0. The van der Waals surface area contributed by atoms with Crippen molar-refractivity contribution in [2.75, 3.05) is 0 Å². The zero-order chi connectivity index (χ0) is 16.4. The Hall–Kier alpha value is -1.27. The van der Waals surface area contributed by atoms with Crippen LogP contribution in [0.1, 0.15) is 67.7 Å². The average Bonchev–Trinajstić information content (AvgIpc) is 3.12. The van der Waals surface area contributed by atoms with Crippen molar-refractivity contribution in [2.45, 2.75) is 63.2 Å². The maximum Gasteiger partial charge on any atom is 0.0568 e. The maximum atomic E-state index is 6.84. The summed E-state index contributed by atoms with van der Waals surface area (Å²) >= 11 is 6.84. The first-order valence-corrected chi connectivity index (χ1v) is 9.32. The van der Waals surface area contributed by atoms with Crippen molar-refractivity contribution in [3.8, 4) is 0 Å². The van der Waals surface area contributed by atoms with E-state index in [2.05, 4.69) is 69.3 Å². The number of alkyl halides is 1. The average molecular weight is 327 g/mol. The number of aryl methyl sites for hydroxylation is 2. The molecule has 3 rings (SSSR count). The molecular weight excluding hydrogens is 300 g/mol. The standard InChI is InChI=1S/C22H27Cl/c1-4-6-16-8-12-18(13-9-16)20-21(22(20,3)23)19-14-10-17(7-5-2)11-15-19/h8-15,20-21H,4-7H2,1-3H3. The fourth-order valence-corrected chi connectivity index (χ4v) is 4.32. The molecule has 0 aliphatic heterocycles. The molecule has 0 heterocycles. The van der Waals surface area contributed by atoms with E-state index in [1.54, 1.807) is 0 Å². The lowest BCUT2D eigenvalue weighted by Crippen LogP contribution is -1.95. The van der Waals surface area contributed by atoms with Crippen LogP contribution in [0.4, 0.5) is 0 Å². The fourth-order valence-electron chi connectivity index (χ4n) is 3.88. The third-order valence-electron chi connectivity index (χ3n) is 5.20. The summed E-state index contributed by atoms with van der Waals surface area (Å²) in [4.78, 5) is -0.154. The van der Waals surface area contributed by atoms with E-state index in [1.165, 1.54) is 35.1 Å². The first kappa shape index (κ1) is 16.6. The van der Waals surface area contributed by atoms with E-state index < -0.39 is 0 Å². The highest BCUT2D eigenvalue weighted by Crippen LogP contribution is 2.67. The van der Waals surface area contributed by atoms with Gasteiger partial charge in [-0.25, -0.2) is 0 Å². The molecule has 0 aromatic heterocycles. The molecule has 1 saturated carbocycles. The topological polar surface area (TPSA) is 0 Å². The Morgan fingerprint density at radius 2 is 1.09 bits per heavy atom. The van der Waals surface area contributed by atoms with Gasteiger partial charge in [-0.15, -0.1) is 11.6 Å². The number of halogens is 1. The molecule has 0 radical (unpaired) electrons. The van der Waals surface area contributed by atoms with Crippen molar-refractivity contribution in [3.05, 3.63) is 70.8 Å². The Kier molecular flexibility index (Phi) is 4.82. The smallest absolute Gasteiger partial charge is 0.0568 e. The van der Waals surface area contributed by atoms with Gasteiger partial charge in [-0.05, 0) is 42.0 Å². The summed E-state index contributed by atoms with van der Waals surface area (Å²) < 4.78 is 0. The molecule has 122 valence electrons. The summed E-state index contributed by atoms with van der Waals surface area (Å²) in [5.74, 6) is 0.855. The number of rotatable bonds is 6. The van der Waals surface area contributed by atoms with Gasteiger partial charge in [0.05, 0.1) is 4.87 Å². The van der Waals surface area contributed by atoms with Gasteiger partial charge in [0.25, 0.3) is 0 Å². The molecule has 2 unspecified atom stereocenters. The van der Waals surface area contributed by atoms with Gasteiger partial charge in [0.1, 0.15) is 0 Å². The van der Waals surface area contributed by atoms with Crippen molar-refractivity contribution >= 4 is 11.6 Å². The van der Waals surface area contributed by atoms with Crippen LogP contribution in [-0.4, -0.2) is 4.87 Å². The van der Waals surface area contributed by atoms with Gasteiger partial charge in [-0.1, -0.05) is 75.2 Å². The van der Waals surface area contributed by atoms with E-state index in [0.29, 0.717) is 11.8 Å². The van der Waals surface area contributed by atoms with Crippen LogP contribution in [0.5, 0.6) is 0 Å². The van der Waals surface area contributed by atoms with Gasteiger partial charge in [-0.2, -0.15) is 0 Å². The summed E-state index contributed by atoms with van der Waals surface area (Å²) in [7, 11) is 0. The largest absolute Gasteiger partial charge is 0.118 e. The van der Waals surface area contributed by atoms with Gasteiger partial charge >= 0.3 is 0 Å². The van der Waals surface area contributed by atoms with Crippen LogP contribution in [0.2, 0.25) is 0 Å². The second-order valence-electron chi connectivity index (χ2n) is 7.09. The highest BCUT2D eigenvalue weighted by atomic mass is 35.5. The van der Waals surface area contributed by atoms with Crippen molar-refractivity contribution < 1.29 is 0 Å². The van der Waals surface area contributed by atoms with Crippen LogP contribution in [0.25, 0.3) is 0 Å². The van der Waals surface area contributed by atoms with Crippen LogP contribution in [0.3, 0.4) is 0 Å². The molecule has 1 fully saturated rings. The second kappa shape index (κ2) is 6.69. The normalized spacial score (nSPS) is 26.3. The third-order valence-corrected chi connectivity index (χ3v) is 5.67. The number of benzene rings is 2. The Balaban J connectivity index is 1.78. The van der Waals surface area contributed by atoms with Crippen LogP contribution in [0.15, 0.2) is 48.5 Å². The molecule has 1 aliphatic carbocycles. The van der Waals surface area contributed by atoms with Crippen molar-refractivity contribution in [2.24, 2.45) is 0 Å². The zero-order valence-electron chi connectivity index (χ0n) is 14.5. The lowest BCUT2D eigenvalue weighted by atomic mass is 10.0. The lowest BCUT2D eigenvalue weighted by Gasteiger charge is -2.04. The van der Waals surface area contributed by atoms with Gasteiger partial charge in [-0.3, -0.25) is 0 Å². The first-order valence-electron chi connectivity index (χ1n) is 8.94. The molecule has 0 spiro atoms. The minimum absolute atomic E-state index is 0.154. The van der Waals surface area contributed by atoms with Crippen LogP contribution in [0, 0.1) is 0 Å². The SMILES string of the molecule is CCCc1ccc(C2C(c3ccc(CCC)cc3)C2(C)Cl)cc1. The molecule has 2 aromatic rings. The maximum absolute atomic E-state index is 6.84. The third kappa shape index (κ3) is 3.33. The van der Waals surface area contributed by atoms with Gasteiger partial charge in [0, 0.05) is 11.8 Å². The lowest BCUT2D eigenvalue weighted by molar-refractivity contribution is 0.914. The highest BCUT2D eigenvalue weighted by Gasteiger charge is 2.61. The molecule has 1 heteroatoms. The summed E-state index contributed by atoms with van der Waals surface area (Å²) in [5.41, 5.74) is 5.61. The fraction of sp³-hybridized carbons (Fsp3) is 0.455. The molecule has 23 heavy (non-hydrogen) atoms. The zero-order valence-corrected chi connectivity index (χ0v) is 15.2. The molecule has 0 N–H and O–H groups in total. The van der Waals surface area contributed by atoms with Gasteiger partial charge in [0.2, 0.25) is 0 Å². The molecular formula is C22H27Cl. The van der Waals surface area contributed by atoms with Crippen LogP contribution >= 0.6 is 11.6 Å². The van der Waals surface area contributed by atoms with Crippen LogP contribution < -0.4 is 0 Å². The van der Waals surface area contributed by atoms with Gasteiger partial charge in [0.15, 0.2) is 0 Å². The van der Waals surface area contributed by atoms with Crippen molar-refractivity contribution in [1.29, 1.82) is 0 Å². The van der Waals surface area contributed by atoms with E-state index in [-0.39, 0.29) is 4.87 Å². The summed E-state index contributed by atoms with van der Waals surface area (Å²) in [6, 6.07) is 18.2. The minimum Gasteiger partial charge on any atom is -0.118 e. The highest BCUT2D eigenvalue weighted by molar-refractivity contribution is 6.27. The van der Waals surface area contributed by atoms with E-state index in [0.717, 1.165) is 12.8 Å². The Morgan fingerprint density at radius 1 is 0.739 bits per heavy atom. The Bertz CT molecular complexity index is 579. The van der Waals surface area contributed by atoms with Crippen LogP contribution in [-0.2, 0) is 12.8 Å². The molecule has 0 bridgehead atoms. The van der Waals surface area contributed by atoms with E-state index in [4.69, 9.17) is 11.6 Å². The molecule has 2 atom stereocenters. The number of hydrogen-bond donors (Lipinski definition) is 0. The predicted octanol–water partition coefficient (Wildman–Crippen LogP) is 6.47.